The van der Waals surface area contributed by atoms with Crippen LogP contribution in [-0.4, -0.2) is 26.0 Å². The number of carbonyl (C=O) groups is 1. The highest BCUT2D eigenvalue weighted by molar-refractivity contribution is 5.73. The summed E-state index contributed by atoms with van der Waals surface area (Å²) in [5.41, 5.74) is 1.23. The van der Waals surface area contributed by atoms with Crippen molar-refractivity contribution >= 4 is 5.91 Å². The maximum Gasteiger partial charge on any atom is 0.287 e. The summed E-state index contributed by atoms with van der Waals surface area (Å²) in [6, 6.07) is 9.30. The van der Waals surface area contributed by atoms with Gasteiger partial charge in [-0.15, -0.1) is 5.10 Å². The third-order valence-corrected chi connectivity index (χ3v) is 2.02. The van der Waals surface area contributed by atoms with Gasteiger partial charge < -0.3 is 5.21 Å². The van der Waals surface area contributed by atoms with Crippen molar-refractivity contribution < 1.29 is 10.0 Å². The lowest BCUT2D eigenvalue weighted by molar-refractivity contribution is -0.116. The van der Waals surface area contributed by atoms with Crippen LogP contribution >= 0.6 is 0 Å². The van der Waals surface area contributed by atoms with Crippen molar-refractivity contribution in [2.75, 3.05) is 0 Å². The maximum atomic E-state index is 10.9. The average molecular weight is 230 g/mol. The largest absolute Gasteiger partial charge is 0.409 e. The van der Waals surface area contributed by atoms with Crippen molar-refractivity contribution in [1.82, 2.24) is 14.9 Å². The molecule has 0 spiro atoms. The van der Waals surface area contributed by atoms with Crippen LogP contribution in [0, 0.1) is 0 Å². The second-order valence-electron chi connectivity index (χ2n) is 3.33. The van der Waals surface area contributed by atoms with Crippen LogP contribution in [0.15, 0.2) is 41.5 Å². The first-order valence-corrected chi connectivity index (χ1v) is 4.93. The summed E-state index contributed by atoms with van der Waals surface area (Å²) in [4.78, 5) is 18.9. The van der Waals surface area contributed by atoms with Crippen molar-refractivity contribution in [3.8, 4) is 11.3 Å². The molecule has 86 valence electrons. The first kappa shape index (κ1) is 11.0. The molecule has 0 unspecified atom stereocenters. The molecular weight excluding hydrogens is 220 g/mol. The molecule has 1 aromatic heterocycles. The Morgan fingerprint density at radius 2 is 2.06 bits per heavy atom. The molecule has 6 heteroatoms. The smallest absolute Gasteiger partial charge is 0.287 e. The van der Waals surface area contributed by atoms with Gasteiger partial charge in [-0.05, 0) is 0 Å². The fourth-order valence-corrected chi connectivity index (χ4v) is 1.30. The van der Waals surface area contributed by atoms with E-state index in [1.165, 1.54) is 13.1 Å². The number of amides is 1. The third-order valence-electron chi connectivity index (χ3n) is 2.02. The minimum Gasteiger partial charge on any atom is -0.409 e. The van der Waals surface area contributed by atoms with E-state index in [1.807, 2.05) is 30.3 Å². The van der Waals surface area contributed by atoms with E-state index in [-0.39, 0.29) is 5.62 Å². The molecule has 6 nitrogen and oxygen atoms in total. The van der Waals surface area contributed by atoms with Gasteiger partial charge in [0.15, 0.2) is 0 Å². The highest BCUT2D eigenvalue weighted by Gasteiger charge is 2.02. The second-order valence-corrected chi connectivity index (χ2v) is 3.33. The van der Waals surface area contributed by atoms with Crippen LogP contribution < -0.4 is 5.62 Å². The Balaban J connectivity index is 2.56. The number of hydrogen-bond donors (Lipinski definition) is 1. The summed E-state index contributed by atoms with van der Waals surface area (Å²) in [7, 11) is 0. The van der Waals surface area contributed by atoms with Crippen LogP contribution in [0.1, 0.15) is 6.92 Å². The van der Waals surface area contributed by atoms with Crippen molar-refractivity contribution in [3.05, 3.63) is 42.1 Å². The van der Waals surface area contributed by atoms with E-state index in [2.05, 4.69) is 15.1 Å². The summed E-state index contributed by atoms with van der Waals surface area (Å²) in [5, 5.41) is 13.0. The summed E-state index contributed by atoms with van der Waals surface area (Å²) in [5.74, 6) is -0.452. The van der Waals surface area contributed by atoms with Crippen molar-refractivity contribution in [1.29, 1.82) is 0 Å². The number of carbonyl (C=O) groups excluding carboxylic acids is 1. The van der Waals surface area contributed by atoms with Crippen LogP contribution in [0.5, 0.6) is 0 Å². The quantitative estimate of drug-likeness (QED) is 0.728. The number of benzene rings is 1. The third kappa shape index (κ3) is 2.54. The van der Waals surface area contributed by atoms with Crippen LogP contribution in [0.2, 0.25) is 0 Å². The fraction of sp³-hybridized carbons (Fsp3) is 0.0909. The molecule has 1 heterocycles. The molecule has 2 aromatic rings. The lowest BCUT2D eigenvalue weighted by Crippen LogP contribution is -2.26. The Morgan fingerprint density at radius 3 is 2.71 bits per heavy atom. The Bertz CT molecular complexity index is 604. The molecule has 1 amide bonds. The van der Waals surface area contributed by atoms with E-state index in [0.29, 0.717) is 10.5 Å². The number of nitrogens with zero attached hydrogens (tertiary/aromatic N) is 4. The lowest BCUT2D eigenvalue weighted by Gasteiger charge is -2.00. The van der Waals surface area contributed by atoms with Gasteiger partial charge in [0.2, 0.25) is 5.91 Å². The first-order chi connectivity index (χ1) is 8.16. The summed E-state index contributed by atoms with van der Waals surface area (Å²) in [6.07, 6.45) is 1.40. The van der Waals surface area contributed by atoms with Gasteiger partial charge in [-0.1, -0.05) is 35.2 Å². The van der Waals surface area contributed by atoms with Gasteiger partial charge in [0.1, 0.15) is 0 Å². The molecule has 0 aliphatic heterocycles. The Morgan fingerprint density at radius 1 is 1.35 bits per heavy atom. The van der Waals surface area contributed by atoms with Crippen LogP contribution in [-0.2, 0) is 4.79 Å². The van der Waals surface area contributed by atoms with Gasteiger partial charge in [0, 0.05) is 12.5 Å². The van der Waals surface area contributed by atoms with Crippen LogP contribution in [0.3, 0.4) is 0 Å². The SMILES string of the molecule is CC(=O)N=c1nc(-c2ccccc2)cnn1O. The highest BCUT2D eigenvalue weighted by atomic mass is 16.5. The second kappa shape index (κ2) is 4.56. The van der Waals surface area contributed by atoms with E-state index in [9.17, 15) is 10.0 Å². The zero-order valence-corrected chi connectivity index (χ0v) is 9.11. The molecule has 0 bridgehead atoms. The van der Waals surface area contributed by atoms with Gasteiger partial charge in [0.25, 0.3) is 5.62 Å². The van der Waals surface area contributed by atoms with Gasteiger partial charge in [-0.2, -0.15) is 4.99 Å². The molecular formula is C11H10N4O2. The average Bonchev–Trinajstić information content (AvgIpc) is 2.32. The lowest BCUT2D eigenvalue weighted by atomic mass is 10.2. The Kier molecular flexibility index (Phi) is 2.95. The van der Waals surface area contributed by atoms with E-state index in [0.717, 1.165) is 5.56 Å². The normalized spacial score (nSPS) is 11.5. The molecule has 0 radical (unpaired) electrons. The van der Waals surface area contributed by atoms with Gasteiger partial charge in [-0.25, -0.2) is 4.98 Å². The first-order valence-electron chi connectivity index (χ1n) is 4.93. The Labute approximate surface area is 96.9 Å². The number of aromatic nitrogens is 3. The zero-order valence-electron chi connectivity index (χ0n) is 9.11. The van der Waals surface area contributed by atoms with Crippen LogP contribution in [0.4, 0.5) is 0 Å². The van der Waals surface area contributed by atoms with E-state index >= 15 is 0 Å². The fourth-order valence-electron chi connectivity index (χ4n) is 1.30. The summed E-state index contributed by atoms with van der Waals surface area (Å²) < 4.78 is 0. The molecule has 0 aliphatic carbocycles. The minimum absolute atomic E-state index is 0.140. The van der Waals surface area contributed by atoms with E-state index < -0.39 is 5.91 Å². The molecule has 1 N–H and O–H groups in total. The molecule has 0 aliphatic rings. The van der Waals surface area contributed by atoms with Gasteiger partial charge in [-0.3, -0.25) is 4.79 Å². The molecule has 0 fully saturated rings. The highest BCUT2D eigenvalue weighted by Crippen LogP contribution is 2.12. The molecule has 0 saturated carbocycles. The predicted molar refractivity (Wildman–Crippen MR) is 58.9 cm³/mol. The van der Waals surface area contributed by atoms with Crippen molar-refractivity contribution in [3.63, 3.8) is 0 Å². The minimum atomic E-state index is -0.452. The number of hydrogen-bond acceptors (Lipinski definition) is 4. The monoisotopic (exact) mass is 230 g/mol. The maximum absolute atomic E-state index is 10.9. The molecule has 17 heavy (non-hydrogen) atoms. The van der Waals surface area contributed by atoms with Crippen molar-refractivity contribution in [2.45, 2.75) is 6.92 Å². The van der Waals surface area contributed by atoms with Crippen molar-refractivity contribution in [2.24, 2.45) is 4.99 Å². The molecule has 1 aromatic carbocycles. The number of rotatable bonds is 1. The van der Waals surface area contributed by atoms with E-state index in [1.54, 1.807) is 0 Å². The predicted octanol–water partition coefficient (Wildman–Crippen LogP) is 0.630. The summed E-state index contributed by atoms with van der Waals surface area (Å²) >= 11 is 0. The standard InChI is InChI=1S/C11H10N4O2/c1-8(16)13-11-14-10(7-12-15(11)17)9-5-3-2-4-6-9/h2-7,17H,1H3. The van der Waals surface area contributed by atoms with E-state index in [4.69, 9.17) is 0 Å². The Hall–Kier alpha value is -2.50. The topological polar surface area (TPSA) is 80.4 Å². The van der Waals surface area contributed by atoms with Gasteiger partial charge in [0.05, 0.1) is 11.9 Å². The van der Waals surface area contributed by atoms with Gasteiger partial charge >= 0.3 is 0 Å². The zero-order chi connectivity index (χ0) is 12.3. The van der Waals surface area contributed by atoms with Crippen LogP contribution in [0.25, 0.3) is 11.3 Å². The summed E-state index contributed by atoms with van der Waals surface area (Å²) in [6.45, 7) is 1.27. The molecule has 0 saturated heterocycles. The molecule has 2 rings (SSSR count). The molecule has 0 atom stereocenters.